The van der Waals surface area contributed by atoms with E-state index in [0.717, 1.165) is 25.6 Å². The zero-order valence-corrected chi connectivity index (χ0v) is 9.29. The second kappa shape index (κ2) is 4.07. The molecule has 0 radical (unpaired) electrons. The van der Waals surface area contributed by atoms with E-state index >= 15 is 0 Å². The molecule has 1 aliphatic rings. The van der Waals surface area contributed by atoms with E-state index in [-0.39, 0.29) is 0 Å². The van der Waals surface area contributed by atoms with E-state index in [1.807, 2.05) is 4.57 Å². The van der Waals surface area contributed by atoms with Gasteiger partial charge in [-0.05, 0) is 19.4 Å². The number of fused-ring (bicyclic) bond motifs is 1. The third kappa shape index (κ3) is 1.91. The van der Waals surface area contributed by atoms with E-state index in [0.29, 0.717) is 17.1 Å². The van der Waals surface area contributed by atoms with Crippen molar-refractivity contribution in [2.75, 3.05) is 6.54 Å². The molecule has 1 unspecified atom stereocenters. The molecule has 1 aromatic carbocycles. The monoisotopic (exact) mass is 237 g/mol. The Balaban J connectivity index is 1.96. The first-order valence-electron chi connectivity index (χ1n) is 5.77. The highest BCUT2D eigenvalue weighted by molar-refractivity contribution is 5.75. The van der Waals surface area contributed by atoms with Crippen molar-refractivity contribution in [3.63, 3.8) is 0 Å². The smallest absolute Gasteiger partial charge is 0.161 e. The molecule has 1 aromatic heterocycles. The van der Waals surface area contributed by atoms with Gasteiger partial charge in [0.2, 0.25) is 0 Å². The molecule has 1 N–H and O–H groups in total. The first-order chi connectivity index (χ1) is 8.24. The Morgan fingerprint density at radius 2 is 2.18 bits per heavy atom. The number of nitrogens with zero attached hydrogens (tertiary/aromatic N) is 2. The Labute approximate surface area is 97.5 Å². The standard InChI is InChI=1S/C12H13F2N3/c13-9-4-11-12(5-10(9)14)17(7-16-11)6-8-2-1-3-15-8/h4-5,7-8,15H,1-3,6H2. The SMILES string of the molecule is Fc1cc2ncn(CC3CCCN3)c2cc1F. The summed E-state index contributed by atoms with van der Waals surface area (Å²) >= 11 is 0. The highest BCUT2D eigenvalue weighted by Gasteiger charge is 2.16. The first-order valence-corrected chi connectivity index (χ1v) is 5.77. The molecule has 1 fully saturated rings. The summed E-state index contributed by atoms with van der Waals surface area (Å²) in [7, 11) is 0. The molecular formula is C12H13F2N3. The molecule has 1 aliphatic heterocycles. The van der Waals surface area contributed by atoms with Gasteiger partial charge in [0.25, 0.3) is 0 Å². The van der Waals surface area contributed by atoms with Crippen molar-refractivity contribution < 1.29 is 8.78 Å². The van der Waals surface area contributed by atoms with Gasteiger partial charge in [0.1, 0.15) is 0 Å². The van der Waals surface area contributed by atoms with E-state index in [1.54, 1.807) is 6.33 Å². The zero-order chi connectivity index (χ0) is 11.8. The molecule has 17 heavy (non-hydrogen) atoms. The fourth-order valence-corrected chi connectivity index (χ4v) is 2.35. The summed E-state index contributed by atoms with van der Waals surface area (Å²) in [6.07, 6.45) is 3.92. The van der Waals surface area contributed by atoms with Gasteiger partial charge in [0, 0.05) is 24.7 Å². The molecule has 0 aliphatic carbocycles. The molecule has 3 rings (SSSR count). The quantitative estimate of drug-likeness (QED) is 0.866. The van der Waals surface area contributed by atoms with Gasteiger partial charge < -0.3 is 9.88 Å². The second-order valence-electron chi connectivity index (χ2n) is 4.45. The summed E-state index contributed by atoms with van der Waals surface area (Å²) in [4.78, 5) is 4.09. The number of halogens is 2. The fraction of sp³-hybridized carbons (Fsp3) is 0.417. The molecule has 90 valence electrons. The van der Waals surface area contributed by atoms with Crippen LogP contribution in [0.1, 0.15) is 12.8 Å². The van der Waals surface area contributed by atoms with Gasteiger partial charge in [-0.2, -0.15) is 0 Å². The highest BCUT2D eigenvalue weighted by atomic mass is 19.2. The van der Waals surface area contributed by atoms with Gasteiger partial charge in [-0.3, -0.25) is 0 Å². The lowest BCUT2D eigenvalue weighted by atomic mass is 10.2. The second-order valence-corrected chi connectivity index (χ2v) is 4.45. The van der Waals surface area contributed by atoms with E-state index < -0.39 is 11.6 Å². The minimum absolute atomic E-state index is 0.403. The van der Waals surface area contributed by atoms with E-state index in [9.17, 15) is 8.78 Å². The van der Waals surface area contributed by atoms with E-state index in [4.69, 9.17) is 0 Å². The van der Waals surface area contributed by atoms with Crippen LogP contribution >= 0.6 is 0 Å². The van der Waals surface area contributed by atoms with Crippen molar-refractivity contribution in [3.05, 3.63) is 30.1 Å². The normalized spacial score (nSPS) is 20.2. The van der Waals surface area contributed by atoms with Gasteiger partial charge in [-0.15, -0.1) is 0 Å². The molecule has 1 atom stereocenters. The zero-order valence-electron chi connectivity index (χ0n) is 9.29. The lowest BCUT2D eigenvalue weighted by Crippen LogP contribution is -2.26. The Morgan fingerprint density at radius 3 is 2.94 bits per heavy atom. The molecule has 2 heterocycles. The first kappa shape index (κ1) is 10.7. The number of aromatic nitrogens is 2. The van der Waals surface area contributed by atoms with Crippen molar-refractivity contribution in [2.45, 2.75) is 25.4 Å². The number of benzene rings is 1. The topological polar surface area (TPSA) is 29.9 Å². The lowest BCUT2D eigenvalue weighted by Gasteiger charge is -2.11. The van der Waals surface area contributed by atoms with Crippen LogP contribution in [-0.4, -0.2) is 22.1 Å². The summed E-state index contributed by atoms with van der Waals surface area (Å²) < 4.78 is 28.1. The predicted molar refractivity (Wildman–Crippen MR) is 60.7 cm³/mol. The van der Waals surface area contributed by atoms with Gasteiger partial charge >= 0.3 is 0 Å². The Kier molecular flexibility index (Phi) is 2.55. The molecule has 3 nitrogen and oxygen atoms in total. The Hall–Kier alpha value is -1.49. The van der Waals surface area contributed by atoms with Crippen LogP contribution in [0.2, 0.25) is 0 Å². The molecule has 1 saturated heterocycles. The van der Waals surface area contributed by atoms with Gasteiger partial charge in [0.05, 0.1) is 17.4 Å². The van der Waals surface area contributed by atoms with Crippen LogP contribution in [0, 0.1) is 11.6 Å². The third-order valence-electron chi connectivity index (χ3n) is 3.24. The van der Waals surface area contributed by atoms with Crippen LogP contribution in [0.4, 0.5) is 8.78 Å². The Morgan fingerprint density at radius 1 is 1.35 bits per heavy atom. The summed E-state index contributed by atoms with van der Waals surface area (Å²) in [6.45, 7) is 1.78. The van der Waals surface area contributed by atoms with Crippen molar-refractivity contribution >= 4 is 11.0 Å². The maximum Gasteiger partial charge on any atom is 0.161 e. The molecule has 0 bridgehead atoms. The largest absolute Gasteiger partial charge is 0.329 e. The number of hydrogen-bond acceptors (Lipinski definition) is 2. The maximum absolute atomic E-state index is 13.2. The number of hydrogen-bond donors (Lipinski definition) is 1. The van der Waals surface area contributed by atoms with Crippen molar-refractivity contribution in [1.82, 2.24) is 14.9 Å². The van der Waals surface area contributed by atoms with Crippen LogP contribution in [0.25, 0.3) is 11.0 Å². The highest BCUT2D eigenvalue weighted by Crippen LogP contribution is 2.18. The number of nitrogens with one attached hydrogen (secondary N) is 1. The van der Waals surface area contributed by atoms with E-state index in [2.05, 4.69) is 10.3 Å². The Bertz CT molecular complexity index is 544. The summed E-state index contributed by atoms with van der Waals surface area (Å²) in [5, 5.41) is 3.37. The number of imidazole rings is 1. The third-order valence-corrected chi connectivity index (χ3v) is 3.24. The fourth-order valence-electron chi connectivity index (χ4n) is 2.35. The molecule has 2 aromatic rings. The minimum Gasteiger partial charge on any atom is -0.329 e. The number of rotatable bonds is 2. The van der Waals surface area contributed by atoms with Crippen molar-refractivity contribution in [2.24, 2.45) is 0 Å². The van der Waals surface area contributed by atoms with Gasteiger partial charge in [-0.1, -0.05) is 0 Å². The van der Waals surface area contributed by atoms with Crippen LogP contribution < -0.4 is 5.32 Å². The molecule has 5 heteroatoms. The minimum atomic E-state index is -0.846. The van der Waals surface area contributed by atoms with Crippen LogP contribution in [0.15, 0.2) is 18.5 Å². The maximum atomic E-state index is 13.2. The summed E-state index contributed by atoms with van der Waals surface area (Å²) in [5.74, 6) is -1.67. The summed E-state index contributed by atoms with van der Waals surface area (Å²) in [5.41, 5.74) is 1.15. The van der Waals surface area contributed by atoms with Gasteiger partial charge in [-0.25, -0.2) is 13.8 Å². The van der Waals surface area contributed by atoms with Crippen molar-refractivity contribution in [1.29, 1.82) is 0 Å². The molecule has 0 amide bonds. The van der Waals surface area contributed by atoms with Crippen LogP contribution in [0.5, 0.6) is 0 Å². The van der Waals surface area contributed by atoms with Crippen LogP contribution in [-0.2, 0) is 6.54 Å². The van der Waals surface area contributed by atoms with Crippen molar-refractivity contribution in [3.8, 4) is 0 Å². The van der Waals surface area contributed by atoms with Crippen LogP contribution in [0.3, 0.4) is 0 Å². The molecule has 0 saturated carbocycles. The average molecular weight is 237 g/mol. The lowest BCUT2D eigenvalue weighted by molar-refractivity contribution is 0.505. The summed E-state index contributed by atoms with van der Waals surface area (Å²) in [6, 6.07) is 2.76. The average Bonchev–Trinajstić information content (AvgIpc) is 2.92. The predicted octanol–water partition coefficient (Wildman–Crippen LogP) is 2.07. The van der Waals surface area contributed by atoms with Gasteiger partial charge in [0.15, 0.2) is 11.6 Å². The molecular weight excluding hydrogens is 224 g/mol. The molecule has 0 spiro atoms. The van der Waals surface area contributed by atoms with E-state index in [1.165, 1.54) is 12.5 Å².